The molecule has 0 saturated carbocycles. The molecule has 4 rings (SSSR count). The Hall–Kier alpha value is -2.74. The number of aromatic nitrogens is 1. The second-order valence-electron chi connectivity index (χ2n) is 7.66. The van der Waals surface area contributed by atoms with Crippen LogP contribution in [-0.2, 0) is 27.6 Å². The Labute approximate surface area is 196 Å². The van der Waals surface area contributed by atoms with Crippen molar-refractivity contribution in [2.24, 2.45) is 0 Å². The minimum Gasteiger partial charge on any atom is -0.486 e. The number of hydrogen-bond donors (Lipinski definition) is 2. The number of carbonyl (C=O) groups is 1. The molecule has 0 unspecified atom stereocenters. The van der Waals surface area contributed by atoms with Crippen molar-refractivity contribution in [3.8, 4) is 5.75 Å². The molecule has 0 amide bonds. The first-order chi connectivity index (χ1) is 16.0. The van der Waals surface area contributed by atoms with E-state index in [1.807, 2.05) is 0 Å². The number of aliphatic carboxylic acids is 1. The molecule has 3 aromatic rings. The van der Waals surface area contributed by atoms with Crippen LogP contribution in [0.3, 0.4) is 0 Å². The summed E-state index contributed by atoms with van der Waals surface area (Å²) in [6.45, 7) is -0.0610. The first-order valence-electron chi connectivity index (χ1n) is 10.1. The quantitative estimate of drug-likeness (QED) is 0.515. The number of halogens is 3. The highest BCUT2D eigenvalue weighted by atomic mass is 32.2. The Morgan fingerprint density at radius 3 is 2.56 bits per heavy atom. The molecule has 0 aliphatic carbocycles. The molecule has 2 aromatic carbocycles. The summed E-state index contributed by atoms with van der Waals surface area (Å²) in [5.41, 5.74) is -0.586. The maximum absolute atomic E-state index is 13.0. The molecule has 0 bridgehead atoms. The summed E-state index contributed by atoms with van der Waals surface area (Å²) in [6.07, 6.45) is -5.24. The number of rotatable bonds is 6. The van der Waals surface area contributed by atoms with Crippen LogP contribution in [0.25, 0.3) is 10.2 Å². The fourth-order valence-electron chi connectivity index (χ4n) is 3.70. The van der Waals surface area contributed by atoms with Crippen molar-refractivity contribution in [3.63, 3.8) is 0 Å². The van der Waals surface area contributed by atoms with E-state index >= 15 is 0 Å². The molecule has 8 nitrogen and oxygen atoms in total. The lowest BCUT2D eigenvalue weighted by Crippen LogP contribution is -2.54. The van der Waals surface area contributed by atoms with Gasteiger partial charge in [0.05, 0.1) is 26.8 Å². The number of piperidine rings is 1. The van der Waals surface area contributed by atoms with E-state index in [0.29, 0.717) is 21.9 Å². The molecule has 1 aliphatic rings. The van der Waals surface area contributed by atoms with Crippen molar-refractivity contribution in [1.29, 1.82) is 0 Å². The van der Waals surface area contributed by atoms with Gasteiger partial charge in [-0.3, -0.25) is 4.79 Å². The number of nitrogens with zero attached hydrogens (tertiary/aromatic N) is 2. The van der Waals surface area contributed by atoms with Gasteiger partial charge in [-0.2, -0.15) is 17.5 Å². The van der Waals surface area contributed by atoms with Gasteiger partial charge in [-0.1, -0.05) is 0 Å². The number of aliphatic hydroxyl groups is 1. The predicted octanol–water partition coefficient (Wildman–Crippen LogP) is 3.49. The average molecular weight is 517 g/mol. The Morgan fingerprint density at radius 2 is 1.91 bits per heavy atom. The van der Waals surface area contributed by atoms with E-state index < -0.39 is 39.9 Å². The van der Waals surface area contributed by atoms with E-state index in [-0.39, 0.29) is 30.0 Å². The number of benzene rings is 2. The first kappa shape index (κ1) is 24.4. The smallest absolute Gasteiger partial charge is 0.416 e. The predicted molar refractivity (Wildman–Crippen MR) is 116 cm³/mol. The van der Waals surface area contributed by atoms with E-state index in [9.17, 15) is 36.6 Å². The van der Waals surface area contributed by atoms with Gasteiger partial charge >= 0.3 is 12.1 Å². The zero-order chi connectivity index (χ0) is 24.7. The third kappa shape index (κ3) is 4.87. The number of ether oxygens (including phenoxy) is 1. The van der Waals surface area contributed by atoms with Crippen molar-refractivity contribution in [1.82, 2.24) is 9.29 Å². The normalized spacial score (nSPS) is 19.9. The van der Waals surface area contributed by atoms with Crippen LogP contribution in [0.15, 0.2) is 47.4 Å². The summed E-state index contributed by atoms with van der Waals surface area (Å²) in [5.74, 6) is -1.13. The van der Waals surface area contributed by atoms with Gasteiger partial charge in [-0.15, -0.1) is 11.3 Å². The van der Waals surface area contributed by atoms with Crippen LogP contribution < -0.4 is 4.74 Å². The zero-order valence-electron chi connectivity index (χ0n) is 17.4. The Morgan fingerprint density at radius 1 is 1.21 bits per heavy atom. The number of fused-ring (bicyclic) bond motifs is 1. The largest absolute Gasteiger partial charge is 0.486 e. The Kier molecular flexibility index (Phi) is 6.55. The summed E-state index contributed by atoms with van der Waals surface area (Å²) in [5, 5.41) is 19.8. The summed E-state index contributed by atoms with van der Waals surface area (Å²) in [7, 11) is -4.17. The monoisotopic (exact) mass is 516 g/mol. The number of sulfonamides is 1. The van der Waals surface area contributed by atoms with E-state index in [4.69, 9.17) is 4.74 Å². The molecule has 2 heterocycles. The molecule has 2 N–H and O–H groups in total. The molecule has 1 saturated heterocycles. The van der Waals surface area contributed by atoms with Gasteiger partial charge < -0.3 is 14.9 Å². The molecular weight excluding hydrogens is 497 g/mol. The number of carboxylic acids is 1. The minimum absolute atomic E-state index is 0.0255. The fourth-order valence-corrected chi connectivity index (χ4v) is 6.21. The number of carboxylic acid groups (broad SMARTS) is 1. The third-order valence-corrected chi connectivity index (χ3v) is 8.26. The molecule has 13 heteroatoms. The maximum Gasteiger partial charge on any atom is 0.416 e. The van der Waals surface area contributed by atoms with Crippen LogP contribution in [0.4, 0.5) is 13.2 Å². The van der Waals surface area contributed by atoms with Gasteiger partial charge in [0.1, 0.15) is 23.4 Å². The number of hydrogen-bond acceptors (Lipinski definition) is 7. The van der Waals surface area contributed by atoms with Crippen molar-refractivity contribution in [2.45, 2.75) is 42.7 Å². The summed E-state index contributed by atoms with van der Waals surface area (Å²) < 4.78 is 71.5. The van der Waals surface area contributed by atoms with Gasteiger partial charge in [0, 0.05) is 6.54 Å². The lowest BCUT2D eigenvalue weighted by molar-refractivity contribution is -0.146. The van der Waals surface area contributed by atoms with Crippen LogP contribution in [0.1, 0.15) is 23.4 Å². The van der Waals surface area contributed by atoms with Crippen molar-refractivity contribution >= 4 is 37.5 Å². The highest BCUT2D eigenvalue weighted by Crippen LogP contribution is 2.33. The van der Waals surface area contributed by atoms with Gasteiger partial charge in [-0.25, -0.2) is 13.4 Å². The van der Waals surface area contributed by atoms with Crippen molar-refractivity contribution in [2.75, 3.05) is 6.54 Å². The van der Waals surface area contributed by atoms with E-state index in [2.05, 4.69) is 4.98 Å². The van der Waals surface area contributed by atoms with Crippen LogP contribution in [0.2, 0.25) is 0 Å². The van der Waals surface area contributed by atoms with Gasteiger partial charge in [0.25, 0.3) is 0 Å². The molecule has 1 aliphatic heterocycles. The molecule has 34 heavy (non-hydrogen) atoms. The van der Waals surface area contributed by atoms with Gasteiger partial charge in [0.15, 0.2) is 0 Å². The van der Waals surface area contributed by atoms with Gasteiger partial charge in [0.2, 0.25) is 10.0 Å². The molecule has 0 spiro atoms. The van der Waals surface area contributed by atoms with Crippen molar-refractivity contribution in [3.05, 3.63) is 53.0 Å². The molecule has 1 fully saturated rings. The van der Waals surface area contributed by atoms with E-state index in [0.717, 1.165) is 16.4 Å². The third-order valence-electron chi connectivity index (χ3n) is 5.36. The number of thiazole rings is 1. The lowest BCUT2D eigenvalue weighted by atomic mass is 10.0. The highest BCUT2D eigenvalue weighted by Gasteiger charge is 2.42. The molecule has 2 atom stereocenters. The molecule has 182 valence electrons. The summed E-state index contributed by atoms with van der Waals surface area (Å²) in [6, 6.07) is 7.04. The van der Waals surface area contributed by atoms with Crippen molar-refractivity contribution < 1.29 is 41.3 Å². The van der Waals surface area contributed by atoms with Crippen LogP contribution in [0, 0.1) is 0 Å². The summed E-state index contributed by atoms with van der Waals surface area (Å²) in [4.78, 5) is 15.5. The minimum atomic E-state index is -4.46. The van der Waals surface area contributed by atoms with Crippen LogP contribution in [-0.4, -0.2) is 52.6 Å². The first-order valence-corrected chi connectivity index (χ1v) is 12.3. The Balaban J connectivity index is 1.47. The molecular formula is C21H19F3N2O6S2. The molecule has 1 aromatic heterocycles. The van der Waals surface area contributed by atoms with E-state index in [1.165, 1.54) is 41.7 Å². The zero-order valence-corrected chi connectivity index (χ0v) is 19.0. The highest BCUT2D eigenvalue weighted by molar-refractivity contribution is 7.89. The number of aliphatic hydroxyl groups excluding tert-OH is 1. The van der Waals surface area contributed by atoms with E-state index in [1.54, 1.807) is 0 Å². The Bertz CT molecular complexity index is 1310. The van der Waals surface area contributed by atoms with Crippen LogP contribution >= 0.6 is 11.3 Å². The fraction of sp³-hybridized carbons (Fsp3) is 0.333. The SMILES string of the molecule is O=C(O)[C@H]1[C@@H](O)CCCN1S(=O)(=O)c1ccc(OCc2nc3cc(C(F)(F)F)ccc3s2)cc1. The van der Waals surface area contributed by atoms with Gasteiger partial charge in [-0.05, 0) is 55.3 Å². The second kappa shape index (κ2) is 9.13. The summed E-state index contributed by atoms with van der Waals surface area (Å²) >= 11 is 1.18. The standard InChI is InChI=1S/C21H19F3N2O6S2/c22-21(23,24)12-3-8-17-15(10-12)25-18(33-17)11-32-13-4-6-14(7-5-13)34(30,31)26-9-1-2-16(27)19(26)20(28)29/h3-8,10,16,19,27H,1-2,9,11H2,(H,28,29)/t16-,19+/m0/s1. The maximum atomic E-state index is 13.0. The van der Waals surface area contributed by atoms with Crippen LogP contribution in [0.5, 0.6) is 5.75 Å². The topological polar surface area (TPSA) is 117 Å². The number of alkyl halides is 3. The second-order valence-corrected chi connectivity index (χ2v) is 10.7. The lowest BCUT2D eigenvalue weighted by Gasteiger charge is -2.35. The molecule has 0 radical (unpaired) electrons. The average Bonchev–Trinajstić information content (AvgIpc) is 3.19.